The highest BCUT2D eigenvalue weighted by molar-refractivity contribution is 5.98. The molecule has 0 aromatic heterocycles. The van der Waals surface area contributed by atoms with Gasteiger partial charge in [-0.05, 0) is 29.8 Å². The van der Waals surface area contributed by atoms with Gasteiger partial charge in [0, 0.05) is 35.4 Å². The Bertz CT molecular complexity index is 1330. The van der Waals surface area contributed by atoms with Gasteiger partial charge in [-0.25, -0.2) is 4.79 Å². The average molecular weight is 477 g/mol. The Morgan fingerprint density at radius 3 is 1.94 bits per heavy atom. The molecule has 5 rings (SSSR count). The zero-order valence-electron chi connectivity index (χ0n) is 18.1. The van der Waals surface area contributed by atoms with E-state index in [1.165, 1.54) is 29.2 Å². The van der Waals surface area contributed by atoms with Gasteiger partial charge in [0.05, 0.1) is 18.7 Å². The molecule has 2 aliphatic heterocycles. The van der Waals surface area contributed by atoms with Crippen molar-refractivity contribution in [2.24, 2.45) is 0 Å². The number of nitrogens with zero attached hydrogens (tertiary/aromatic N) is 1. The van der Waals surface area contributed by atoms with Crippen molar-refractivity contribution < 1.29 is 44.3 Å². The predicted octanol–water partition coefficient (Wildman–Crippen LogP) is 2.64. The highest BCUT2D eigenvalue weighted by Gasteiger charge is 2.54. The second-order valence-electron chi connectivity index (χ2n) is 8.31. The Morgan fingerprint density at radius 1 is 0.829 bits per heavy atom. The summed E-state index contributed by atoms with van der Waals surface area (Å²) < 4.78 is 12.0. The van der Waals surface area contributed by atoms with E-state index >= 15 is 0 Å². The SMILES string of the molecule is O=C(O)CN(CC(=O)O)Cc1cccc2c1C(=O)OC21c2ccc(O)cc2Oc2cc(O)ccc21. The van der Waals surface area contributed by atoms with Crippen LogP contribution in [-0.4, -0.2) is 56.3 Å². The number of carboxylic acids is 2. The zero-order valence-corrected chi connectivity index (χ0v) is 18.1. The van der Waals surface area contributed by atoms with E-state index in [1.807, 2.05) is 0 Å². The molecule has 35 heavy (non-hydrogen) atoms. The summed E-state index contributed by atoms with van der Waals surface area (Å²) in [6, 6.07) is 13.8. The first-order valence-electron chi connectivity index (χ1n) is 10.6. The van der Waals surface area contributed by atoms with Crippen LogP contribution in [0.5, 0.6) is 23.0 Å². The third-order valence-electron chi connectivity index (χ3n) is 6.00. The lowest BCUT2D eigenvalue weighted by molar-refractivity contribution is -0.142. The van der Waals surface area contributed by atoms with Gasteiger partial charge in [0.2, 0.25) is 0 Å². The topological polar surface area (TPSA) is 154 Å². The van der Waals surface area contributed by atoms with E-state index in [0.717, 1.165) is 0 Å². The molecule has 0 amide bonds. The molecule has 0 radical (unpaired) electrons. The Kier molecular flexibility index (Phi) is 5.10. The molecule has 0 fully saturated rings. The number of aliphatic carboxylic acids is 2. The molecule has 10 heteroatoms. The van der Waals surface area contributed by atoms with Gasteiger partial charge in [-0.15, -0.1) is 0 Å². The minimum atomic E-state index is -1.46. The van der Waals surface area contributed by atoms with Gasteiger partial charge < -0.3 is 29.9 Å². The molecular formula is C25H19NO9. The van der Waals surface area contributed by atoms with Gasteiger partial charge in [0.15, 0.2) is 5.60 Å². The minimum Gasteiger partial charge on any atom is -0.508 e. The maximum atomic E-state index is 13.3. The Morgan fingerprint density at radius 2 is 1.40 bits per heavy atom. The normalized spacial score (nSPS) is 14.6. The molecule has 2 aliphatic rings. The number of carboxylic acid groups (broad SMARTS) is 2. The number of hydrogen-bond acceptors (Lipinski definition) is 8. The van der Waals surface area contributed by atoms with Crippen LogP contribution in [0.4, 0.5) is 0 Å². The molecule has 10 nitrogen and oxygen atoms in total. The van der Waals surface area contributed by atoms with Gasteiger partial charge in [-0.2, -0.15) is 0 Å². The molecule has 1 spiro atoms. The number of phenols is 2. The van der Waals surface area contributed by atoms with E-state index in [9.17, 15) is 34.8 Å². The maximum absolute atomic E-state index is 13.3. The first kappa shape index (κ1) is 22.2. The summed E-state index contributed by atoms with van der Waals surface area (Å²) in [7, 11) is 0. The number of aromatic hydroxyl groups is 2. The summed E-state index contributed by atoms with van der Waals surface area (Å²) in [5.41, 5.74) is 0.480. The van der Waals surface area contributed by atoms with Crippen LogP contribution in [0.15, 0.2) is 54.6 Å². The number of ether oxygens (including phenoxy) is 2. The molecule has 2 heterocycles. The predicted molar refractivity (Wildman–Crippen MR) is 119 cm³/mol. The molecule has 3 aromatic carbocycles. The van der Waals surface area contributed by atoms with E-state index in [-0.39, 0.29) is 35.1 Å². The number of fused-ring (bicyclic) bond motifs is 6. The molecule has 3 aromatic rings. The summed E-state index contributed by atoms with van der Waals surface area (Å²) in [6.07, 6.45) is 0. The van der Waals surface area contributed by atoms with Crippen molar-refractivity contribution in [2.75, 3.05) is 13.1 Å². The van der Waals surface area contributed by atoms with Crippen molar-refractivity contribution in [3.63, 3.8) is 0 Å². The fraction of sp³-hybridized carbons (Fsp3) is 0.160. The smallest absolute Gasteiger partial charge is 0.340 e. The standard InChI is InChI=1S/C25H19NO9/c27-14-4-6-16-19(8-14)34-20-9-15(28)5-7-17(20)25(16)18-3-1-2-13(23(18)24(33)35-25)10-26(11-21(29)30)12-22(31)32/h1-9,27-28H,10-12H2,(H,29,30)(H,31,32). The van der Waals surface area contributed by atoms with Crippen LogP contribution in [-0.2, 0) is 26.5 Å². The Labute approximate surface area is 198 Å². The molecule has 0 bridgehead atoms. The van der Waals surface area contributed by atoms with Gasteiger partial charge in [-0.3, -0.25) is 14.5 Å². The summed E-state index contributed by atoms with van der Waals surface area (Å²) in [5.74, 6) is -2.77. The maximum Gasteiger partial charge on any atom is 0.340 e. The lowest BCUT2D eigenvalue weighted by Gasteiger charge is -2.36. The quantitative estimate of drug-likeness (QED) is 0.390. The lowest BCUT2D eigenvalue weighted by atomic mass is 9.77. The molecule has 4 N–H and O–H groups in total. The van der Waals surface area contributed by atoms with Crippen molar-refractivity contribution in [3.05, 3.63) is 82.4 Å². The molecule has 0 aliphatic carbocycles. The van der Waals surface area contributed by atoms with E-state index in [2.05, 4.69) is 0 Å². The summed E-state index contributed by atoms with van der Waals surface area (Å²) >= 11 is 0. The lowest BCUT2D eigenvalue weighted by Crippen LogP contribution is -2.34. The van der Waals surface area contributed by atoms with Crippen molar-refractivity contribution in [1.29, 1.82) is 0 Å². The number of esters is 1. The van der Waals surface area contributed by atoms with Crippen LogP contribution in [0.3, 0.4) is 0 Å². The Balaban J connectivity index is 1.70. The van der Waals surface area contributed by atoms with Crippen LogP contribution >= 0.6 is 0 Å². The first-order chi connectivity index (χ1) is 16.7. The van der Waals surface area contributed by atoms with Gasteiger partial charge in [-0.1, -0.05) is 18.2 Å². The van der Waals surface area contributed by atoms with Crippen LogP contribution in [0.1, 0.15) is 32.6 Å². The van der Waals surface area contributed by atoms with E-state index < -0.39 is 36.6 Å². The second kappa shape index (κ2) is 8.03. The number of phenolic OH excluding ortho intramolecular Hbond substituents is 2. The highest BCUT2D eigenvalue weighted by Crippen LogP contribution is 2.57. The molecule has 0 atom stereocenters. The molecule has 178 valence electrons. The van der Waals surface area contributed by atoms with Crippen LogP contribution in [0.25, 0.3) is 0 Å². The fourth-order valence-corrected chi connectivity index (χ4v) is 4.74. The van der Waals surface area contributed by atoms with Gasteiger partial charge in [0.1, 0.15) is 23.0 Å². The number of carbonyl (C=O) groups is 3. The average Bonchev–Trinajstić information content (AvgIpc) is 3.06. The third kappa shape index (κ3) is 3.60. The first-order valence-corrected chi connectivity index (χ1v) is 10.6. The minimum absolute atomic E-state index is 0.0706. The zero-order chi connectivity index (χ0) is 24.9. The Hall–Kier alpha value is -4.57. The van der Waals surface area contributed by atoms with Crippen molar-refractivity contribution in [3.8, 4) is 23.0 Å². The molecular weight excluding hydrogens is 458 g/mol. The molecule has 0 unspecified atom stereocenters. The van der Waals surface area contributed by atoms with Gasteiger partial charge >= 0.3 is 17.9 Å². The van der Waals surface area contributed by atoms with Crippen LogP contribution in [0, 0.1) is 0 Å². The number of rotatable bonds is 6. The van der Waals surface area contributed by atoms with E-state index in [1.54, 1.807) is 30.3 Å². The van der Waals surface area contributed by atoms with Crippen LogP contribution < -0.4 is 4.74 Å². The van der Waals surface area contributed by atoms with Gasteiger partial charge in [0.25, 0.3) is 0 Å². The van der Waals surface area contributed by atoms with E-state index in [4.69, 9.17) is 9.47 Å². The van der Waals surface area contributed by atoms with E-state index in [0.29, 0.717) is 22.3 Å². The fourth-order valence-electron chi connectivity index (χ4n) is 4.74. The van der Waals surface area contributed by atoms with Crippen molar-refractivity contribution in [1.82, 2.24) is 4.90 Å². The summed E-state index contributed by atoms with van der Waals surface area (Å²) in [4.78, 5) is 37.1. The largest absolute Gasteiger partial charge is 0.508 e. The number of hydrogen-bond donors (Lipinski definition) is 4. The summed E-state index contributed by atoms with van der Waals surface area (Å²) in [5, 5.41) is 38.4. The highest BCUT2D eigenvalue weighted by atomic mass is 16.6. The van der Waals surface area contributed by atoms with Crippen LogP contribution in [0.2, 0.25) is 0 Å². The van der Waals surface area contributed by atoms with Crippen molar-refractivity contribution in [2.45, 2.75) is 12.1 Å². The summed E-state index contributed by atoms with van der Waals surface area (Å²) in [6.45, 7) is -1.18. The van der Waals surface area contributed by atoms with Crippen molar-refractivity contribution >= 4 is 17.9 Å². The molecule has 0 saturated heterocycles. The third-order valence-corrected chi connectivity index (χ3v) is 6.00. The molecule has 0 saturated carbocycles. The monoisotopic (exact) mass is 477 g/mol. The number of carbonyl (C=O) groups excluding carboxylic acids is 1. The number of benzene rings is 3. The second-order valence-corrected chi connectivity index (χ2v) is 8.31.